The zero-order valence-corrected chi connectivity index (χ0v) is 11.5. The van der Waals surface area contributed by atoms with Crippen LogP contribution in [0.1, 0.15) is 23.2 Å². The SMILES string of the molecule is Cc1[nH][nH]c(=O)c1CCC(=O)N/N=C/c1ccc(O)cc1. The first-order valence-electron chi connectivity index (χ1n) is 6.43. The number of aromatic hydroxyl groups is 1. The molecule has 1 heterocycles. The fourth-order valence-electron chi connectivity index (χ4n) is 1.81. The number of aromatic nitrogens is 2. The maximum absolute atomic E-state index is 11.6. The Bertz CT molecular complexity index is 698. The van der Waals surface area contributed by atoms with Crippen LogP contribution < -0.4 is 11.0 Å². The van der Waals surface area contributed by atoms with Gasteiger partial charge in [0.05, 0.1) is 6.21 Å². The molecule has 110 valence electrons. The largest absolute Gasteiger partial charge is 0.508 e. The van der Waals surface area contributed by atoms with Crippen LogP contribution in [0.25, 0.3) is 0 Å². The van der Waals surface area contributed by atoms with E-state index in [1.165, 1.54) is 18.3 Å². The maximum atomic E-state index is 11.6. The number of carbonyl (C=O) groups excluding carboxylic acids is 1. The number of carbonyl (C=O) groups is 1. The Morgan fingerprint density at radius 2 is 2.05 bits per heavy atom. The number of hydrazone groups is 1. The van der Waals surface area contributed by atoms with E-state index in [1.807, 2.05) is 0 Å². The van der Waals surface area contributed by atoms with E-state index in [2.05, 4.69) is 20.7 Å². The van der Waals surface area contributed by atoms with Gasteiger partial charge in [0.15, 0.2) is 0 Å². The van der Waals surface area contributed by atoms with Crippen molar-refractivity contribution in [3.05, 3.63) is 51.4 Å². The van der Waals surface area contributed by atoms with Crippen molar-refractivity contribution in [3.63, 3.8) is 0 Å². The fourth-order valence-corrected chi connectivity index (χ4v) is 1.81. The van der Waals surface area contributed by atoms with Crippen LogP contribution in [0, 0.1) is 6.92 Å². The molecule has 7 nitrogen and oxygen atoms in total. The van der Waals surface area contributed by atoms with Gasteiger partial charge in [-0.3, -0.25) is 14.7 Å². The summed E-state index contributed by atoms with van der Waals surface area (Å²) in [6.07, 6.45) is 2.01. The molecule has 0 unspecified atom stereocenters. The molecule has 1 aromatic carbocycles. The molecule has 0 spiro atoms. The van der Waals surface area contributed by atoms with Gasteiger partial charge < -0.3 is 10.2 Å². The van der Waals surface area contributed by atoms with Crippen LogP contribution in [-0.4, -0.2) is 27.4 Å². The molecular weight excluding hydrogens is 272 g/mol. The number of aromatic amines is 2. The van der Waals surface area contributed by atoms with Crippen LogP contribution in [0.15, 0.2) is 34.2 Å². The smallest absolute Gasteiger partial charge is 0.267 e. The summed E-state index contributed by atoms with van der Waals surface area (Å²) in [5.41, 5.74) is 4.26. The van der Waals surface area contributed by atoms with Crippen molar-refractivity contribution in [1.29, 1.82) is 0 Å². The van der Waals surface area contributed by atoms with Crippen molar-refractivity contribution >= 4 is 12.1 Å². The number of amides is 1. The Morgan fingerprint density at radius 1 is 1.33 bits per heavy atom. The lowest BCUT2D eigenvalue weighted by Gasteiger charge is -1.99. The Morgan fingerprint density at radius 3 is 2.67 bits per heavy atom. The summed E-state index contributed by atoms with van der Waals surface area (Å²) in [5.74, 6) is -0.103. The topological polar surface area (TPSA) is 110 Å². The Kier molecular flexibility index (Phi) is 4.55. The monoisotopic (exact) mass is 288 g/mol. The third-order valence-electron chi connectivity index (χ3n) is 2.99. The minimum absolute atomic E-state index is 0.170. The molecule has 0 aliphatic carbocycles. The molecule has 0 aliphatic heterocycles. The van der Waals surface area contributed by atoms with Gasteiger partial charge in [-0.05, 0) is 43.2 Å². The number of phenolic OH excluding ortho intramolecular Hbond substituents is 1. The number of phenols is 1. The van der Waals surface area contributed by atoms with Gasteiger partial charge in [-0.1, -0.05) is 0 Å². The molecule has 21 heavy (non-hydrogen) atoms. The summed E-state index contributed by atoms with van der Waals surface area (Å²) in [4.78, 5) is 23.0. The van der Waals surface area contributed by atoms with Gasteiger partial charge in [0.25, 0.3) is 5.56 Å². The zero-order chi connectivity index (χ0) is 15.2. The van der Waals surface area contributed by atoms with Crippen LogP contribution in [0.3, 0.4) is 0 Å². The Balaban J connectivity index is 1.82. The van der Waals surface area contributed by atoms with Crippen LogP contribution in [0.2, 0.25) is 0 Å². The van der Waals surface area contributed by atoms with E-state index >= 15 is 0 Å². The van der Waals surface area contributed by atoms with Gasteiger partial charge >= 0.3 is 0 Å². The normalized spacial score (nSPS) is 10.9. The summed E-state index contributed by atoms with van der Waals surface area (Å²) in [6.45, 7) is 1.77. The van der Waals surface area contributed by atoms with E-state index in [1.54, 1.807) is 19.1 Å². The first-order valence-corrected chi connectivity index (χ1v) is 6.43. The maximum Gasteiger partial charge on any atom is 0.267 e. The molecule has 7 heteroatoms. The van der Waals surface area contributed by atoms with E-state index in [0.29, 0.717) is 12.0 Å². The summed E-state index contributed by atoms with van der Waals surface area (Å²) in [6, 6.07) is 6.41. The zero-order valence-electron chi connectivity index (χ0n) is 11.5. The predicted molar refractivity (Wildman–Crippen MR) is 78.3 cm³/mol. The highest BCUT2D eigenvalue weighted by Gasteiger charge is 2.08. The Labute approximate surface area is 120 Å². The molecule has 1 aromatic heterocycles. The molecule has 2 aromatic rings. The van der Waals surface area contributed by atoms with Crippen LogP contribution in [-0.2, 0) is 11.2 Å². The van der Waals surface area contributed by atoms with E-state index in [9.17, 15) is 9.59 Å². The van der Waals surface area contributed by atoms with Gasteiger partial charge in [0, 0.05) is 17.7 Å². The number of rotatable bonds is 5. The number of hydrogen-bond acceptors (Lipinski definition) is 4. The predicted octanol–water partition coefficient (Wildman–Crippen LogP) is 0.800. The van der Waals surface area contributed by atoms with Crippen LogP contribution >= 0.6 is 0 Å². The molecule has 0 saturated heterocycles. The molecule has 2 rings (SSSR count). The van der Waals surface area contributed by atoms with Crippen molar-refractivity contribution in [2.75, 3.05) is 0 Å². The first-order chi connectivity index (χ1) is 10.1. The minimum Gasteiger partial charge on any atom is -0.508 e. The number of nitrogens with zero attached hydrogens (tertiary/aromatic N) is 1. The van der Waals surface area contributed by atoms with Crippen molar-refractivity contribution in [3.8, 4) is 5.75 Å². The molecule has 4 N–H and O–H groups in total. The number of benzene rings is 1. The first kappa shape index (κ1) is 14.6. The van der Waals surface area contributed by atoms with Gasteiger partial charge in [-0.2, -0.15) is 5.10 Å². The molecular formula is C14H16N4O3. The summed E-state index contributed by atoms with van der Waals surface area (Å²) >= 11 is 0. The van der Waals surface area contributed by atoms with Crippen molar-refractivity contribution < 1.29 is 9.90 Å². The lowest BCUT2D eigenvalue weighted by molar-refractivity contribution is -0.121. The molecule has 1 amide bonds. The molecule has 0 bridgehead atoms. The lowest BCUT2D eigenvalue weighted by Crippen LogP contribution is -2.19. The number of H-pyrrole nitrogens is 2. The number of hydrogen-bond donors (Lipinski definition) is 4. The quantitative estimate of drug-likeness (QED) is 0.482. The number of aryl methyl sites for hydroxylation is 1. The Hall–Kier alpha value is -2.83. The molecule has 0 fully saturated rings. The highest BCUT2D eigenvalue weighted by atomic mass is 16.3. The van der Waals surface area contributed by atoms with E-state index in [-0.39, 0.29) is 23.6 Å². The number of nitrogens with one attached hydrogen (secondary N) is 3. The third kappa shape index (κ3) is 4.07. The average Bonchev–Trinajstić information content (AvgIpc) is 2.78. The minimum atomic E-state index is -0.273. The van der Waals surface area contributed by atoms with Gasteiger partial charge in [-0.15, -0.1) is 0 Å². The molecule has 0 radical (unpaired) electrons. The van der Waals surface area contributed by atoms with E-state index in [4.69, 9.17) is 5.11 Å². The van der Waals surface area contributed by atoms with Gasteiger partial charge in [-0.25, -0.2) is 5.43 Å². The van der Waals surface area contributed by atoms with Crippen molar-refractivity contribution in [1.82, 2.24) is 15.6 Å². The summed E-state index contributed by atoms with van der Waals surface area (Å²) < 4.78 is 0. The molecule has 0 atom stereocenters. The molecule has 0 aliphatic rings. The average molecular weight is 288 g/mol. The van der Waals surface area contributed by atoms with Crippen LogP contribution in [0.5, 0.6) is 5.75 Å². The second-order valence-corrected chi connectivity index (χ2v) is 4.57. The molecule has 0 saturated carbocycles. The second-order valence-electron chi connectivity index (χ2n) is 4.57. The van der Waals surface area contributed by atoms with Crippen molar-refractivity contribution in [2.24, 2.45) is 5.10 Å². The summed E-state index contributed by atoms with van der Waals surface area (Å²) in [5, 5.41) is 18.1. The van der Waals surface area contributed by atoms with Crippen LogP contribution in [0.4, 0.5) is 0 Å². The van der Waals surface area contributed by atoms with E-state index < -0.39 is 0 Å². The standard InChI is InChI=1S/C14H16N4O3/c1-9-12(14(21)18-16-9)6-7-13(20)17-15-8-10-2-4-11(19)5-3-10/h2-5,8,19H,6-7H2,1H3,(H,17,20)(H2,16,18,21)/b15-8+. The highest BCUT2D eigenvalue weighted by Crippen LogP contribution is 2.07. The van der Waals surface area contributed by atoms with Gasteiger partial charge in [0.1, 0.15) is 5.75 Å². The third-order valence-corrected chi connectivity index (χ3v) is 2.99. The lowest BCUT2D eigenvalue weighted by atomic mass is 10.1. The van der Waals surface area contributed by atoms with E-state index in [0.717, 1.165) is 11.3 Å². The summed E-state index contributed by atoms with van der Waals surface area (Å²) in [7, 11) is 0. The van der Waals surface area contributed by atoms with Gasteiger partial charge in [0.2, 0.25) is 5.91 Å². The second kappa shape index (κ2) is 6.56. The highest BCUT2D eigenvalue weighted by molar-refractivity contribution is 5.82. The fraction of sp³-hybridized carbons (Fsp3) is 0.214. The van der Waals surface area contributed by atoms with Crippen molar-refractivity contribution in [2.45, 2.75) is 19.8 Å².